The highest BCUT2D eigenvalue weighted by Crippen LogP contribution is 2.18. The largest absolute Gasteiger partial charge is 0.497 e. The van der Waals surface area contributed by atoms with Crippen molar-refractivity contribution in [2.75, 3.05) is 26.8 Å². The van der Waals surface area contributed by atoms with Crippen molar-refractivity contribution < 1.29 is 23.5 Å². The molecule has 1 aliphatic heterocycles. The van der Waals surface area contributed by atoms with Crippen LogP contribution in [0.5, 0.6) is 5.75 Å². The Kier molecular flexibility index (Phi) is 8.73. The van der Waals surface area contributed by atoms with Crippen LogP contribution in [0.3, 0.4) is 0 Å². The maximum atomic E-state index is 13.3. The number of rotatable bonds is 11. The first-order valence-electron chi connectivity index (χ1n) is 11.3. The molecule has 1 aromatic carbocycles. The number of methoxy groups -OCH3 is 1. The highest BCUT2D eigenvalue weighted by molar-refractivity contribution is 5.86. The summed E-state index contributed by atoms with van der Waals surface area (Å²) in [5, 5.41) is 0. The first kappa shape index (κ1) is 23.9. The van der Waals surface area contributed by atoms with Crippen LogP contribution >= 0.6 is 0 Å². The summed E-state index contributed by atoms with van der Waals surface area (Å²) in [4.78, 5) is 30.0. The van der Waals surface area contributed by atoms with Gasteiger partial charge in [0.05, 0.1) is 32.4 Å². The van der Waals surface area contributed by atoms with Crippen molar-refractivity contribution in [3.63, 3.8) is 0 Å². The van der Waals surface area contributed by atoms with E-state index in [0.717, 1.165) is 42.9 Å². The zero-order valence-electron chi connectivity index (χ0n) is 19.3. The van der Waals surface area contributed by atoms with Gasteiger partial charge in [0.2, 0.25) is 11.8 Å². The lowest BCUT2D eigenvalue weighted by molar-refractivity contribution is -0.143. The lowest BCUT2D eigenvalue weighted by atomic mass is 10.1. The number of carbonyl (C=O) groups excluding carboxylic acids is 2. The molecule has 2 aromatic rings. The van der Waals surface area contributed by atoms with Gasteiger partial charge in [-0.05, 0) is 56.0 Å². The molecule has 32 heavy (non-hydrogen) atoms. The SMILES string of the molecule is CCC(C)N(CC(=O)N(Cc1ccco1)CC1CCCO1)C(=O)Cc1ccc(OC)cc1. The topological polar surface area (TPSA) is 72.2 Å². The molecule has 0 spiro atoms. The van der Waals surface area contributed by atoms with Gasteiger partial charge in [0.1, 0.15) is 18.1 Å². The predicted octanol–water partition coefficient (Wildman–Crippen LogP) is 3.67. The summed E-state index contributed by atoms with van der Waals surface area (Å²) in [6, 6.07) is 11.1. The fourth-order valence-corrected chi connectivity index (χ4v) is 3.85. The Hall–Kier alpha value is -2.80. The minimum Gasteiger partial charge on any atom is -0.497 e. The average molecular weight is 443 g/mol. The van der Waals surface area contributed by atoms with E-state index in [2.05, 4.69) is 0 Å². The molecule has 0 aliphatic carbocycles. The van der Waals surface area contributed by atoms with Crippen LogP contribution < -0.4 is 4.74 Å². The zero-order chi connectivity index (χ0) is 22.9. The Bertz CT molecular complexity index is 844. The van der Waals surface area contributed by atoms with Crippen molar-refractivity contribution in [3.05, 3.63) is 54.0 Å². The quantitative estimate of drug-likeness (QED) is 0.531. The molecule has 0 N–H and O–H groups in total. The van der Waals surface area contributed by atoms with Gasteiger partial charge >= 0.3 is 0 Å². The lowest BCUT2D eigenvalue weighted by Crippen LogP contribution is -2.48. The maximum Gasteiger partial charge on any atom is 0.242 e. The van der Waals surface area contributed by atoms with Gasteiger partial charge in [0.15, 0.2) is 0 Å². The monoisotopic (exact) mass is 442 g/mol. The average Bonchev–Trinajstić information content (AvgIpc) is 3.51. The van der Waals surface area contributed by atoms with E-state index in [1.807, 2.05) is 50.2 Å². The van der Waals surface area contributed by atoms with Crippen LogP contribution in [-0.4, -0.2) is 60.6 Å². The molecular weight excluding hydrogens is 408 g/mol. The summed E-state index contributed by atoms with van der Waals surface area (Å²) in [7, 11) is 1.61. The standard InChI is InChI=1S/C25H34N2O5/c1-4-19(2)27(24(28)15-20-9-11-21(30-3)12-10-20)18-25(29)26(16-22-7-5-13-31-22)17-23-8-6-14-32-23/h5,7,9-13,19,23H,4,6,8,14-18H2,1-3H3. The van der Waals surface area contributed by atoms with E-state index in [-0.39, 0.29) is 36.9 Å². The summed E-state index contributed by atoms with van der Waals surface area (Å²) < 4.78 is 16.4. The number of furan rings is 1. The Morgan fingerprint density at radius 2 is 1.97 bits per heavy atom. The molecule has 7 heteroatoms. The van der Waals surface area contributed by atoms with Crippen LogP contribution in [0.4, 0.5) is 0 Å². The molecule has 0 bridgehead atoms. The second kappa shape index (κ2) is 11.7. The first-order valence-corrected chi connectivity index (χ1v) is 11.3. The van der Waals surface area contributed by atoms with Gasteiger partial charge in [-0.15, -0.1) is 0 Å². The summed E-state index contributed by atoms with van der Waals surface area (Å²) in [6.45, 7) is 5.64. The number of amides is 2. The number of carbonyl (C=O) groups is 2. The fourth-order valence-electron chi connectivity index (χ4n) is 3.85. The van der Waals surface area contributed by atoms with Crippen LogP contribution in [-0.2, 0) is 27.3 Å². The fraction of sp³-hybridized carbons (Fsp3) is 0.520. The molecule has 0 radical (unpaired) electrons. The van der Waals surface area contributed by atoms with Crippen LogP contribution in [0.1, 0.15) is 44.4 Å². The molecular formula is C25H34N2O5. The number of nitrogens with zero attached hydrogens (tertiary/aromatic N) is 2. The second-order valence-electron chi connectivity index (χ2n) is 8.29. The van der Waals surface area contributed by atoms with Crippen molar-refractivity contribution in [1.82, 2.24) is 9.80 Å². The molecule has 2 heterocycles. The van der Waals surface area contributed by atoms with Crippen molar-refractivity contribution in [1.29, 1.82) is 0 Å². The van der Waals surface area contributed by atoms with Crippen LogP contribution in [0, 0.1) is 0 Å². The summed E-state index contributed by atoms with van der Waals surface area (Å²) in [6.07, 6.45) is 4.59. The minimum absolute atomic E-state index is 0.0287. The van der Waals surface area contributed by atoms with E-state index < -0.39 is 0 Å². The van der Waals surface area contributed by atoms with Crippen LogP contribution in [0.15, 0.2) is 47.1 Å². The highest BCUT2D eigenvalue weighted by Gasteiger charge is 2.28. The summed E-state index contributed by atoms with van der Waals surface area (Å²) in [5.41, 5.74) is 0.892. The number of benzene rings is 1. The van der Waals surface area contributed by atoms with E-state index in [1.54, 1.807) is 23.2 Å². The van der Waals surface area contributed by atoms with E-state index in [9.17, 15) is 9.59 Å². The molecule has 7 nitrogen and oxygen atoms in total. The van der Waals surface area contributed by atoms with Crippen molar-refractivity contribution in [2.45, 2.75) is 58.2 Å². The molecule has 1 fully saturated rings. The van der Waals surface area contributed by atoms with E-state index >= 15 is 0 Å². The summed E-state index contributed by atoms with van der Waals surface area (Å²) >= 11 is 0. The molecule has 2 unspecified atom stereocenters. The first-order chi connectivity index (χ1) is 15.5. The van der Waals surface area contributed by atoms with Gasteiger partial charge in [-0.3, -0.25) is 9.59 Å². The number of hydrogen-bond donors (Lipinski definition) is 0. The molecule has 3 rings (SSSR count). The normalized spacial score (nSPS) is 16.5. The molecule has 1 aliphatic rings. The third kappa shape index (κ3) is 6.60. The zero-order valence-corrected chi connectivity index (χ0v) is 19.3. The Labute approximate surface area is 190 Å². The van der Waals surface area contributed by atoms with E-state index in [0.29, 0.717) is 13.1 Å². The molecule has 1 saturated heterocycles. The Morgan fingerprint density at radius 1 is 1.19 bits per heavy atom. The molecule has 2 atom stereocenters. The smallest absolute Gasteiger partial charge is 0.242 e. The third-order valence-electron chi connectivity index (χ3n) is 5.99. The van der Waals surface area contributed by atoms with Crippen molar-refractivity contribution in [2.24, 2.45) is 0 Å². The molecule has 2 amide bonds. The molecule has 0 saturated carbocycles. The van der Waals surface area contributed by atoms with Gasteiger partial charge in [-0.2, -0.15) is 0 Å². The Balaban J connectivity index is 1.70. The molecule has 174 valence electrons. The van der Waals surface area contributed by atoms with E-state index in [1.165, 1.54) is 0 Å². The lowest BCUT2D eigenvalue weighted by Gasteiger charge is -2.32. The Morgan fingerprint density at radius 3 is 2.56 bits per heavy atom. The van der Waals surface area contributed by atoms with E-state index in [4.69, 9.17) is 13.9 Å². The van der Waals surface area contributed by atoms with Crippen molar-refractivity contribution in [3.8, 4) is 5.75 Å². The van der Waals surface area contributed by atoms with Crippen molar-refractivity contribution >= 4 is 11.8 Å². The van der Waals surface area contributed by atoms with Gasteiger partial charge in [0, 0.05) is 19.2 Å². The second-order valence-corrected chi connectivity index (χ2v) is 8.29. The predicted molar refractivity (Wildman–Crippen MR) is 121 cm³/mol. The number of ether oxygens (including phenoxy) is 2. The van der Waals surface area contributed by atoms with Gasteiger partial charge < -0.3 is 23.7 Å². The van der Waals surface area contributed by atoms with Crippen LogP contribution in [0.2, 0.25) is 0 Å². The van der Waals surface area contributed by atoms with Gasteiger partial charge in [0.25, 0.3) is 0 Å². The minimum atomic E-state index is -0.0970. The van der Waals surface area contributed by atoms with Crippen LogP contribution in [0.25, 0.3) is 0 Å². The van der Waals surface area contributed by atoms with Gasteiger partial charge in [-0.25, -0.2) is 0 Å². The third-order valence-corrected chi connectivity index (χ3v) is 5.99. The maximum absolute atomic E-state index is 13.3. The number of hydrogen-bond acceptors (Lipinski definition) is 5. The molecule has 1 aromatic heterocycles. The van der Waals surface area contributed by atoms with Gasteiger partial charge in [-0.1, -0.05) is 19.1 Å². The highest BCUT2D eigenvalue weighted by atomic mass is 16.5. The summed E-state index contributed by atoms with van der Waals surface area (Å²) in [5.74, 6) is 1.31.